The molecule has 168 valence electrons. The summed E-state index contributed by atoms with van der Waals surface area (Å²) in [6.07, 6.45) is 13.5. The summed E-state index contributed by atoms with van der Waals surface area (Å²) in [5.74, 6) is 3.94. The fraction of sp³-hybridized carbons (Fsp3) is 0.926. The van der Waals surface area contributed by atoms with Gasteiger partial charge in [0.1, 0.15) is 0 Å². The maximum Gasteiger partial charge on any atom is 0.171 e. The number of hydrogen-bond acceptors (Lipinski definition) is 3. The normalized spacial score (nSPS) is 59.8. The molecule has 1 spiro atoms. The molecule has 3 nitrogen and oxygen atoms in total. The maximum absolute atomic E-state index is 10.3. The van der Waals surface area contributed by atoms with E-state index in [0.717, 1.165) is 43.6 Å². The summed E-state index contributed by atoms with van der Waals surface area (Å²) >= 11 is 0. The predicted molar refractivity (Wildman–Crippen MR) is 118 cm³/mol. The van der Waals surface area contributed by atoms with Crippen molar-refractivity contribution in [2.45, 2.75) is 103 Å². The largest absolute Gasteiger partial charge is 0.393 e. The third kappa shape index (κ3) is 2.55. The average molecular weight is 415 g/mol. The molecule has 0 bridgehead atoms. The quantitative estimate of drug-likeness (QED) is 0.516. The van der Waals surface area contributed by atoms with E-state index in [9.17, 15) is 5.11 Å². The van der Waals surface area contributed by atoms with E-state index in [4.69, 9.17) is 9.47 Å². The second-order valence-corrected chi connectivity index (χ2v) is 12.7. The van der Waals surface area contributed by atoms with Gasteiger partial charge in [0.2, 0.25) is 0 Å². The van der Waals surface area contributed by atoms with E-state index in [1.807, 2.05) is 0 Å². The Morgan fingerprint density at radius 2 is 1.87 bits per heavy atom. The highest BCUT2D eigenvalue weighted by Gasteiger charge is 2.68. The Morgan fingerprint density at radius 3 is 2.63 bits per heavy atom. The van der Waals surface area contributed by atoms with E-state index < -0.39 is 0 Å². The van der Waals surface area contributed by atoms with Crippen molar-refractivity contribution in [1.29, 1.82) is 0 Å². The number of aliphatic hydroxyl groups is 1. The van der Waals surface area contributed by atoms with E-state index in [1.165, 1.54) is 38.5 Å². The first-order chi connectivity index (χ1) is 14.3. The molecule has 5 fully saturated rings. The standard InChI is InChI=1S/C27H42O3/c1-16-7-12-27(29-15-16)17(2)24-23(30-27)14-22-20-6-5-18-13-19(28)8-10-25(18,3)21(20)9-11-26(22,24)4/h5,16-17,19-24,28H,6-15H2,1-4H3/t16-,17+,19-,20+,21-,22-,23-,24-,25+,26+,27+/m1/s1. The molecule has 0 unspecified atom stereocenters. The van der Waals surface area contributed by atoms with Crippen LogP contribution in [0.5, 0.6) is 0 Å². The molecule has 1 N–H and O–H groups in total. The molecule has 30 heavy (non-hydrogen) atoms. The van der Waals surface area contributed by atoms with E-state index in [0.29, 0.717) is 34.7 Å². The summed E-state index contributed by atoms with van der Waals surface area (Å²) in [4.78, 5) is 0. The van der Waals surface area contributed by atoms with Crippen molar-refractivity contribution < 1.29 is 14.6 Å². The lowest BCUT2D eigenvalue weighted by atomic mass is 9.47. The van der Waals surface area contributed by atoms with Gasteiger partial charge in [0, 0.05) is 12.3 Å². The van der Waals surface area contributed by atoms with Crippen LogP contribution in [0.15, 0.2) is 11.6 Å². The van der Waals surface area contributed by atoms with Gasteiger partial charge in [-0.25, -0.2) is 0 Å². The van der Waals surface area contributed by atoms with Gasteiger partial charge in [0.25, 0.3) is 0 Å². The van der Waals surface area contributed by atoms with Crippen molar-refractivity contribution >= 4 is 0 Å². The first-order valence-electron chi connectivity index (χ1n) is 13.0. The molecule has 0 radical (unpaired) electrons. The van der Waals surface area contributed by atoms with Crippen LogP contribution in [-0.4, -0.2) is 29.7 Å². The van der Waals surface area contributed by atoms with Crippen LogP contribution in [0.4, 0.5) is 0 Å². The second kappa shape index (κ2) is 6.58. The van der Waals surface area contributed by atoms with Crippen LogP contribution in [0.1, 0.15) is 85.5 Å². The molecule has 4 aliphatic carbocycles. The number of rotatable bonds is 0. The second-order valence-electron chi connectivity index (χ2n) is 12.7. The molecular weight excluding hydrogens is 372 g/mol. The minimum Gasteiger partial charge on any atom is -0.393 e. The lowest BCUT2D eigenvalue weighted by molar-refractivity contribution is -0.272. The Bertz CT molecular complexity index is 736. The maximum atomic E-state index is 10.3. The van der Waals surface area contributed by atoms with E-state index >= 15 is 0 Å². The molecule has 2 aliphatic heterocycles. The molecule has 0 aromatic rings. The molecular formula is C27H42O3. The van der Waals surface area contributed by atoms with Gasteiger partial charge in [-0.15, -0.1) is 0 Å². The molecule has 0 aromatic heterocycles. The topological polar surface area (TPSA) is 38.7 Å². The van der Waals surface area contributed by atoms with Gasteiger partial charge < -0.3 is 14.6 Å². The summed E-state index contributed by atoms with van der Waals surface area (Å²) in [6, 6.07) is 0. The van der Waals surface area contributed by atoms with Crippen LogP contribution >= 0.6 is 0 Å². The molecule has 0 aromatic carbocycles. The van der Waals surface area contributed by atoms with E-state index in [-0.39, 0.29) is 11.9 Å². The SMILES string of the molecule is C[C@@H]1CC[C@]2(OC1)O[C@@H]1C[C@@H]3[C@H]4CC=C5C[C@H](O)CC[C@]5(C)[C@@H]4CC[C@]3(C)[C@@H]1[C@@H]2C. The summed E-state index contributed by atoms with van der Waals surface area (Å²) in [5.41, 5.74) is 2.31. The Kier molecular flexibility index (Phi) is 4.44. The molecule has 0 amide bonds. The molecule has 3 heteroatoms. The van der Waals surface area contributed by atoms with Crippen LogP contribution in [0, 0.1) is 46.3 Å². The third-order valence-electron chi connectivity index (χ3n) is 11.3. The van der Waals surface area contributed by atoms with Crippen molar-refractivity contribution in [2.24, 2.45) is 46.3 Å². The van der Waals surface area contributed by atoms with Gasteiger partial charge in [-0.1, -0.05) is 39.3 Å². The predicted octanol–water partition coefficient (Wildman–Crippen LogP) is 5.71. The lowest BCUT2D eigenvalue weighted by Crippen LogP contribution is -2.52. The van der Waals surface area contributed by atoms with Crippen molar-refractivity contribution in [3.05, 3.63) is 11.6 Å². The summed E-state index contributed by atoms with van der Waals surface area (Å²) in [7, 11) is 0. The Hall–Kier alpha value is -0.380. The minimum absolute atomic E-state index is 0.107. The highest BCUT2D eigenvalue weighted by Crippen LogP contribution is 2.70. The van der Waals surface area contributed by atoms with Crippen LogP contribution in [0.25, 0.3) is 0 Å². The zero-order chi connectivity index (χ0) is 20.9. The average Bonchev–Trinajstić information content (AvgIpc) is 3.16. The van der Waals surface area contributed by atoms with Gasteiger partial charge in [0.15, 0.2) is 5.79 Å². The van der Waals surface area contributed by atoms with Crippen LogP contribution in [0.3, 0.4) is 0 Å². The molecule has 6 rings (SSSR count). The zero-order valence-corrected chi connectivity index (χ0v) is 19.5. The third-order valence-corrected chi connectivity index (χ3v) is 11.3. The molecule has 11 atom stereocenters. The number of hydrogen-bond donors (Lipinski definition) is 1. The van der Waals surface area contributed by atoms with Gasteiger partial charge in [-0.2, -0.15) is 0 Å². The van der Waals surface area contributed by atoms with Crippen LogP contribution in [0.2, 0.25) is 0 Å². The summed E-state index contributed by atoms with van der Waals surface area (Å²) in [5, 5.41) is 10.3. The lowest BCUT2D eigenvalue weighted by Gasteiger charge is -2.58. The Balaban J connectivity index is 1.28. The monoisotopic (exact) mass is 414 g/mol. The first-order valence-corrected chi connectivity index (χ1v) is 13.0. The molecule has 2 saturated heterocycles. The number of allylic oxidation sites excluding steroid dienone is 1. The van der Waals surface area contributed by atoms with Crippen LogP contribution in [-0.2, 0) is 9.47 Å². The number of fused-ring (bicyclic) bond motifs is 7. The van der Waals surface area contributed by atoms with Crippen molar-refractivity contribution in [2.75, 3.05) is 6.61 Å². The minimum atomic E-state index is -0.294. The molecule has 2 heterocycles. The fourth-order valence-corrected chi connectivity index (χ4v) is 9.66. The zero-order valence-electron chi connectivity index (χ0n) is 19.5. The fourth-order valence-electron chi connectivity index (χ4n) is 9.66. The van der Waals surface area contributed by atoms with E-state index in [2.05, 4.69) is 33.8 Å². The van der Waals surface area contributed by atoms with Gasteiger partial charge >= 0.3 is 0 Å². The van der Waals surface area contributed by atoms with Gasteiger partial charge in [-0.3, -0.25) is 0 Å². The number of ether oxygens (including phenoxy) is 2. The van der Waals surface area contributed by atoms with Crippen molar-refractivity contribution in [3.8, 4) is 0 Å². The Labute approximate surface area is 183 Å². The highest BCUT2D eigenvalue weighted by atomic mass is 16.7. The van der Waals surface area contributed by atoms with Gasteiger partial charge in [0.05, 0.1) is 18.8 Å². The first kappa shape index (κ1) is 20.2. The van der Waals surface area contributed by atoms with Crippen molar-refractivity contribution in [1.82, 2.24) is 0 Å². The van der Waals surface area contributed by atoms with E-state index in [1.54, 1.807) is 5.57 Å². The van der Waals surface area contributed by atoms with Crippen LogP contribution < -0.4 is 0 Å². The highest BCUT2D eigenvalue weighted by molar-refractivity contribution is 5.26. The summed E-state index contributed by atoms with van der Waals surface area (Å²) in [6.45, 7) is 10.8. The molecule has 3 saturated carbocycles. The number of aliphatic hydroxyl groups excluding tert-OH is 1. The summed E-state index contributed by atoms with van der Waals surface area (Å²) < 4.78 is 13.3. The smallest absolute Gasteiger partial charge is 0.171 e. The van der Waals surface area contributed by atoms with Crippen molar-refractivity contribution in [3.63, 3.8) is 0 Å². The molecule has 6 aliphatic rings. The van der Waals surface area contributed by atoms with Gasteiger partial charge in [-0.05, 0) is 91.8 Å². The Morgan fingerprint density at radius 1 is 1.03 bits per heavy atom.